The molecular weight excluding hydrogens is 298 g/mol. The standard InChI is InChI=1S/C15H17N5OS/c1-10-7-19(8-11(2)21-10)15-18-20-9-13(17-14(20)22-15)12-4-3-5-16-6-12/h3-6,9-11H,7-8H2,1-2H3/t10-,11+. The molecule has 4 rings (SSSR count). The van der Waals surface area contributed by atoms with E-state index in [-0.39, 0.29) is 12.2 Å². The molecule has 0 bridgehead atoms. The summed E-state index contributed by atoms with van der Waals surface area (Å²) in [5, 5.41) is 5.68. The quantitative estimate of drug-likeness (QED) is 0.727. The lowest BCUT2D eigenvalue weighted by molar-refractivity contribution is -0.00527. The van der Waals surface area contributed by atoms with Crippen LogP contribution in [0.5, 0.6) is 0 Å². The Morgan fingerprint density at radius 1 is 1.27 bits per heavy atom. The SMILES string of the molecule is C[C@@H]1CN(c2nn3cc(-c4cccnc4)nc3s2)C[C@H](C)O1. The van der Waals surface area contributed by atoms with Gasteiger partial charge in [0.15, 0.2) is 0 Å². The highest BCUT2D eigenvalue weighted by Crippen LogP contribution is 2.28. The Hall–Kier alpha value is -1.99. The Morgan fingerprint density at radius 3 is 2.77 bits per heavy atom. The molecule has 114 valence electrons. The van der Waals surface area contributed by atoms with Crippen LogP contribution in [0.25, 0.3) is 16.2 Å². The summed E-state index contributed by atoms with van der Waals surface area (Å²) in [6.45, 7) is 5.94. The first-order valence-corrected chi connectivity index (χ1v) is 8.18. The maximum atomic E-state index is 5.78. The molecule has 22 heavy (non-hydrogen) atoms. The molecule has 0 amide bonds. The molecule has 0 aromatic carbocycles. The van der Waals surface area contributed by atoms with Gasteiger partial charge in [-0.2, -0.15) is 0 Å². The smallest absolute Gasteiger partial charge is 0.214 e. The lowest BCUT2D eigenvalue weighted by atomic mass is 10.2. The first-order chi connectivity index (χ1) is 10.7. The molecule has 2 atom stereocenters. The van der Waals surface area contributed by atoms with E-state index in [0.717, 1.165) is 34.4 Å². The fourth-order valence-corrected chi connectivity index (χ4v) is 3.71. The lowest BCUT2D eigenvalue weighted by Crippen LogP contribution is -2.45. The molecule has 1 saturated heterocycles. The summed E-state index contributed by atoms with van der Waals surface area (Å²) in [6.07, 6.45) is 5.99. The van der Waals surface area contributed by atoms with Gasteiger partial charge in [-0.25, -0.2) is 9.50 Å². The van der Waals surface area contributed by atoms with E-state index in [0.29, 0.717) is 0 Å². The van der Waals surface area contributed by atoms with Gasteiger partial charge >= 0.3 is 0 Å². The maximum Gasteiger partial charge on any atom is 0.214 e. The second kappa shape index (κ2) is 5.33. The molecule has 3 aromatic rings. The van der Waals surface area contributed by atoms with Crippen molar-refractivity contribution in [2.24, 2.45) is 0 Å². The van der Waals surface area contributed by atoms with Crippen molar-refractivity contribution in [2.45, 2.75) is 26.1 Å². The first kappa shape index (κ1) is 13.7. The van der Waals surface area contributed by atoms with E-state index in [1.165, 1.54) is 0 Å². The number of anilines is 1. The molecule has 0 aliphatic carbocycles. The number of hydrogen-bond acceptors (Lipinski definition) is 6. The van der Waals surface area contributed by atoms with E-state index in [9.17, 15) is 0 Å². The molecule has 1 aliphatic heterocycles. The minimum absolute atomic E-state index is 0.228. The third kappa shape index (κ3) is 2.46. The molecule has 1 aliphatic rings. The number of imidazole rings is 1. The zero-order chi connectivity index (χ0) is 15.1. The van der Waals surface area contributed by atoms with Crippen LogP contribution in [-0.4, -0.2) is 44.9 Å². The van der Waals surface area contributed by atoms with Gasteiger partial charge in [-0.3, -0.25) is 4.98 Å². The third-order valence-corrected chi connectivity index (χ3v) is 4.66. The van der Waals surface area contributed by atoms with E-state index in [1.54, 1.807) is 17.5 Å². The summed E-state index contributed by atoms with van der Waals surface area (Å²) in [7, 11) is 0. The summed E-state index contributed by atoms with van der Waals surface area (Å²) in [5.74, 6) is 0. The number of fused-ring (bicyclic) bond motifs is 1. The van der Waals surface area contributed by atoms with Crippen LogP contribution in [0, 0.1) is 0 Å². The van der Waals surface area contributed by atoms with Crippen LogP contribution >= 0.6 is 11.3 Å². The molecule has 0 saturated carbocycles. The summed E-state index contributed by atoms with van der Waals surface area (Å²) in [6, 6.07) is 3.92. The normalized spacial score (nSPS) is 22.4. The van der Waals surface area contributed by atoms with Gasteiger partial charge < -0.3 is 9.64 Å². The minimum Gasteiger partial charge on any atom is -0.372 e. The highest BCUT2D eigenvalue weighted by atomic mass is 32.1. The Morgan fingerprint density at radius 2 is 2.09 bits per heavy atom. The van der Waals surface area contributed by atoms with Crippen molar-refractivity contribution < 1.29 is 4.74 Å². The van der Waals surface area contributed by atoms with Crippen molar-refractivity contribution >= 4 is 21.4 Å². The number of morpholine rings is 1. The van der Waals surface area contributed by atoms with Crippen molar-refractivity contribution in [1.29, 1.82) is 0 Å². The second-order valence-electron chi connectivity index (χ2n) is 5.64. The average molecular weight is 315 g/mol. The predicted octanol–water partition coefficient (Wildman–Crippen LogP) is 2.47. The van der Waals surface area contributed by atoms with Gasteiger partial charge in [-0.05, 0) is 26.0 Å². The number of pyridine rings is 1. The Labute approximate surface area is 132 Å². The van der Waals surface area contributed by atoms with Gasteiger partial charge in [0.25, 0.3) is 0 Å². The highest BCUT2D eigenvalue weighted by molar-refractivity contribution is 7.20. The van der Waals surface area contributed by atoms with E-state index >= 15 is 0 Å². The van der Waals surface area contributed by atoms with Crippen LogP contribution < -0.4 is 4.90 Å². The van der Waals surface area contributed by atoms with Crippen LogP contribution in [0.3, 0.4) is 0 Å². The molecule has 0 unspecified atom stereocenters. The summed E-state index contributed by atoms with van der Waals surface area (Å²) < 4.78 is 7.63. The van der Waals surface area contributed by atoms with Gasteiger partial charge in [0.2, 0.25) is 10.1 Å². The molecule has 4 heterocycles. The number of nitrogens with zero attached hydrogens (tertiary/aromatic N) is 5. The number of rotatable bonds is 2. The molecule has 0 N–H and O–H groups in total. The largest absolute Gasteiger partial charge is 0.372 e. The highest BCUT2D eigenvalue weighted by Gasteiger charge is 2.25. The summed E-state index contributed by atoms with van der Waals surface area (Å²) in [4.78, 5) is 12.0. The second-order valence-corrected chi connectivity index (χ2v) is 6.58. The van der Waals surface area contributed by atoms with Gasteiger partial charge in [-0.15, -0.1) is 5.10 Å². The topological polar surface area (TPSA) is 55.6 Å². The number of aromatic nitrogens is 4. The molecule has 0 radical (unpaired) electrons. The van der Waals surface area contributed by atoms with E-state index in [1.807, 2.05) is 29.0 Å². The molecule has 7 heteroatoms. The number of hydrogen-bond donors (Lipinski definition) is 0. The molecule has 3 aromatic heterocycles. The van der Waals surface area contributed by atoms with E-state index in [2.05, 4.69) is 33.8 Å². The molecule has 0 spiro atoms. The Kier molecular flexibility index (Phi) is 3.31. The molecule has 1 fully saturated rings. The van der Waals surface area contributed by atoms with Gasteiger partial charge in [0.1, 0.15) is 0 Å². The van der Waals surface area contributed by atoms with Gasteiger partial charge in [0, 0.05) is 31.0 Å². The zero-order valence-corrected chi connectivity index (χ0v) is 13.3. The van der Waals surface area contributed by atoms with Crippen molar-refractivity contribution in [3.05, 3.63) is 30.7 Å². The number of ether oxygens (including phenoxy) is 1. The van der Waals surface area contributed by atoms with Crippen LogP contribution in [0.15, 0.2) is 30.7 Å². The van der Waals surface area contributed by atoms with E-state index in [4.69, 9.17) is 4.74 Å². The van der Waals surface area contributed by atoms with Crippen molar-refractivity contribution in [1.82, 2.24) is 19.6 Å². The minimum atomic E-state index is 0.228. The van der Waals surface area contributed by atoms with Gasteiger partial charge in [0.05, 0.1) is 24.1 Å². The molecule has 6 nitrogen and oxygen atoms in total. The fraction of sp³-hybridized carbons (Fsp3) is 0.400. The van der Waals surface area contributed by atoms with Crippen molar-refractivity contribution in [3.63, 3.8) is 0 Å². The average Bonchev–Trinajstić information content (AvgIpc) is 3.05. The van der Waals surface area contributed by atoms with E-state index < -0.39 is 0 Å². The zero-order valence-electron chi connectivity index (χ0n) is 12.5. The Balaban J connectivity index is 1.64. The van der Waals surface area contributed by atoms with Crippen LogP contribution in [0.2, 0.25) is 0 Å². The van der Waals surface area contributed by atoms with Crippen LogP contribution in [0.4, 0.5) is 5.13 Å². The van der Waals surface area contributed by atoms with Crippen LogP contribution in [0.1, 0.15) is 13.8 Å². The first-order valence-electron chi connectivity index (χ1n) is 7.36. The van der Waals surface area contributed by atoms with Crippen molar-refractivity contribution in [2.75, 3.05) is 18.0 Å². The summed E-state index contributed by atoms with van der Waals surface area (Å²) >= 11 is 1.61. The van der Waals surface area contributed by atoms with Crippen molar-refractivity contribution in [3.8, 4) is 11.3 Å². The fourth-order valence-electron chi connectivity index (χ4n) is 2.80. The third-order valence-electron chi connectivity index (χ3n) is 3.68. The summed E-state index contributed by atoms with van der Waals surface area (Å²) in [5.41, 5.74) is 1.91. The molecular formula is C15H17N5OS. The monoisotopic (exact) mass is 315 g/mol. The lowest BCUT2D eigenvalue weighted by Gasteiger charge is -2.34. The maximum absolute atomic E-state index is 5.78. The van der Waals surface area contributed by atoms with Crippen LogP contribution in [-0.2, 0) is 4.74 Å². The van der Waals surface area contributed by atoms with Gasteiger partial charge in [-0.1, -0.05) is 11.3 Å². The Bertz CT molecular complexity index is 742. The predicted molar refractivity (Wildman–Crippen MR) is 86.3 cm³/mol.